The van der Waals surface area contributed by atoms with Crippen molar-refractivity contribution in [2.45, 2.75) is 84.3 Å². The number of esters is 1. The number of carbonyl (C=O) groups excluding carboxylic acids is 1. The average Bonchev–Trinajstić information content (AvgIpc) is 2.27. The van der Waals surface area contributed by atoms with Crippen LogP contribution < -0.4 is 0 Å². The van der Waals surface area contributed by atoms with Gasteiger partial charge in [-0.1, -0.05) is 33.1 Å². The van der Waals surface area contributed by atoms with Crippen LogP contribution in [0, 0.1) is 11.8 Å². The van der Waals surface area contributed by atoms with Crippen molar-refractivity contribution in [3.05, 3.63) is 0 Å². The molecule has 0 radical (unpaired) electrons. The molecule has 1 aliphatic carbocycles. The predicted octanol–water partition coefficient (Wildman–Crippen LogP) is 3.69. The highest BCUT2D eigenvalue weighted by Crippen LogP contribution is 2.37. The first-order chi connectivity index (χ1) is 8.84. The largest absolute Gasteiger partial charge is 0.462 e. The first kappa shape index (κ1) is 16.5. The van der Waals surface area contributed by atoms with Crippen molar-refractivity contribution < 1.29 is 14.6 Å². The molecule has 0 bridgehead atoms. The van der Waals surface area contributed by atoms with Gasteiger partial charge in [0.05, 0.1) is 5.60 Å². The topological polar surface area (TPSA) is 46.5 Å². The van der Waals surface area contributed by atoms with Crippen LogP contribution in [0.25, 0.3) is 0 Å². The number of unbranched alkanes of at least 4 members (excludes halogenated alkanes) is 2. The highest BCUT2D eigenvalue weighted by Gasteiger charge is 2.39. The van der Waals surface area contributed by atoms with Crippen LogP contribution in [0.15, 0.2) is 0 Å². The summed E-state index contributed by atoms with van der Waals surface area (Å²) < 4.78 is 5.65. The van der Waals surface area contributed by atoms with E-state index in [1.807, 2.05) is 13.8 Å². The third kappa shape index (κ3) is 5.52. The normalized spacial score (nSPS) is 28.2. The van der Waals surface area contributed by atoms with Crippen LogP contribution in [0.3, 0.4) is 0 Å². The summed E-state index contributed by atoms with van der Waals surface area (Å²) in [6.07, 6.45) is 6.43. The zero-order chi connectivity index (χ0) is 14.5. The molecule has 3 unspecified atom stereocenters. The Kier molecular flexibility index (Phi) is 6.31. The molecule has 0 saturated heterocycles. The van der Waals surface area contributed by atoms with E-state index in [0.29, 0.717) is 12.3 Å². The first-order valence-corrected chi connectivity index (χ1v) is 7.76. The fourth-order valence-electron chi connectivity index (χ4n) is 3.01. The van der Waals surface area contributed by atoms with Gasteiger partial charge in [-0.3, -0.25) is 4.79 Å². The molecule has 3 atom stereocenters. The highest BCUT2D eigenvalue weighted by atomic mass is 16.5. The van der Waals surface area contributed by atoms with Crippen LogP contribution in [-0.4, -0.2) is 22.8 Å². The Labute approximate surface area is 117 Å². The summed E-state index contributed by atoms with van der Waals surface area (Å²) in [4.78, 5) is 11.9. The van der Waals surface area contributed by atoms with Gasteiger partial charge in [0.1, 0.15) is 6.10 Å². The smallest absolute Gasteiger partial charge is 0.306 e. The maximum absolute atomic E-state index is 11.9. The molecule has 1 rings (SSSR count). The molecule has 0 spiro atoms. The van der Waals surface area contributed by atoms with Crippen molar-refractivity contribution in [2.75, 3.05) is 0 Å². The molecule has 3 heteroatoms. The Bertz CT molecular complexity index is 280. The molecule has 112 valence electrons. The van der Waals surface area contributed by atoms with E-state index in [9.17, 15) is 9.90 Å². The molecule has 0 aliphatic heterocycles. The Morgan fingerprint density at radius 1 is 1.32 bits per heavy atom. The number of carbonyl (C=O) groups is 1. The lowest BCUT2D eigenvalue weighted by Gasteiger charge is -2.40. The fourth-order valence-corrected chi connectivity index (χ4v) is 3.01. The van der Waals surface area contributed by atoms with E-state index in [0.717, 1.165) is 38.5 Å². The maximum Gasteiger partial charge on any atom is 0.306 e. The van der Waals surface area contributed by atoms with Crippen LogP contribution in [0.2, 0.25) is 0 Å². The third-order valence-corrected chi connectivity index (χ3v) is 4.23. The van der Waals surface area contributed by atoms with Crippen molar-refractivity contribution >= 4 is 5.97 Å². The Balaban J connectivity index is 2.53. The van der Waals surface area contributed by atoms with E-state index in [-0.39, 0.29) is 18.0 Å². The second kappa shape index (κ2) is 7.28. The number of hydrogen-bond donors (Lipinski definition) is 1. The average molecular weight is 270 g/mol. The summed E-state index contributed by atoms with van der Waals surface area (Å²) in [6, 6.07) is 0. The fraction of sp³-hybridized carbons (Fsp3) is 0.938. The summed E-state index contributed by atoms with van der Waals surface area (Å²) in [5.41, 5.74) is -0.769. The number of ether oxygens (including phenoxy) is 1. The molecule has 0 aromatic heterocycles. The SMILES string of the molecule is CCCCCC(=O)OC1CC(C)CCC1C(C)(C)O. The van der Waals surface area contributed by atoms with Crippen molar-refractivity contribution in [2.24, 2.45) is 11.8 Å². The van der Waals surface area contributed by atoms with Crippen LogP contribution in [0.5, 0.6) is 0 Å². The molecule has 1 aliphatic rings. The molecule has 19 heavy (non-hydrogen) atoms. The van der Waals surface area contributed by atoms with Crippen LogP contribution in [0.1, 0.15) is 72.6 Å². The second-order valence-electron chi connectivity index (χ2n) is 6.66. The van der Waals surface area contributed by atoms with E-state index in [1.54, 1.807) is 0 Å². The van der Waals surface area contributed by atoms with Crippen molar-refractivity contribution in [3.63, 3.8) is 0 Å². The summed E-state index contributed by atoms with van der Waals surface area (Å²) in [5, 5.41) is 10.2. The number of rotatable bonds is 6. The molecule has 1 N–H and O–H groups in total. The summed E-state index contributed by atoms with van der Waals surface area (Å²) >= 11 is 0. The quantitative estimate of drug-likeness (QED) is 0.591. The Hall–Kier alpha value is -0.570. The van der Waals surface area contributed by atoms with Gasteiger partial charge in [0.25, 0.3) is 0 Å². The van der Waals surface area contributed by atoms with Crippen molar-refractivity contribution in [1.29, 1.82) is 0 Å². The minimum absolute atomic E-state index is 0.0684. The highest BCUT2D eigenvalue weighted by molar-refractivity contribution is 5.69. The molecule has 0 aromatic rings. The monoisotopic (exact) mass is 270 g/mol. The van der Waals surface area contributed by atoms with Gasteiger partial charge in [-0.2, -0.15) is 0 Å². The number of aliphatic hydroxyl groups is 1. The van der Waals surface area contributed by atoms with Crippen LogP contribution >= 0.6 is 0 Å². The predicted molar refractivity (Wildman–Crippen MR) is 76.8 cm³/mol. The molecule has 0 heterocycles. The van der Waals surface area contributed by atoms with Gasteiger partial charge in [0.15, 0.2) is 0 Å². The zero-order valence-electron chi connectivity index (χ0n) is 12.9. The van der Waals surface area contributed by atoms with Crippen LogP contribution in [-0.2, 0) is 9.53 Å². The van der Waals surface area contributed by atoms with E-state index >= 15 is 0 Å². The molecule has 1 fully saturated rings. The van der Waals surface area contributed by atoms with Gasteiger partial charge >= 0.3 is 5.97 Å². The van der Waals surface area contributed by atoms with E-state index in [4.69, 9.17) is 4.74 Å². The third-order valence-electron chi connectivity index (χ3n) is 4.23. The summed E-state index contributed by atoms with van der Waals surface area (Å²) in [6.45, 7) is 7.97. The molecule has 1 saturated carbocycles. The molecular formula is C16H30O3. The standard InChI is InChI=1S/C16H30O3/c1-5-6-7-8-15(17)19-14-11-12(2)9-10-13(14)16(3,4)18/h12-14,18H,5-11H2,1-4H3. The molecule has 3 nitrogen and oxygen atoms in total. The second-order valence-corrected chi connectivity index (χ2v) is 6.66. The molecular weight excluding hydrogens is 240 g/mol. The van der Waals surface area contributed by atoms with E-state index in [2.05, 4.69) is 13.8 Å². The lowest BCUT2D eigenvalue weighted by molar-refractivity contribution is -0.162. The molecule has 0 amide bonds. The van der Waals surface area contributed by atoms with Crippen LogP contribution in [0.4, 0.5) is 0 Å². The summed E-state index contributed by atoms with van der Waals surface area (Å²) in [5.74, 6) is 0.549. The lowest BCUT2D eigenvalue weighted by Crippen LogP contribution is -2.44. The van der Waals surface area contributed by atoms with Gasteiger partial charge in [0.2, 0.25) is 0 Å². The van der Waals surface area contributed by atoms with E-state index < -0.39 is 5.60 Å². The van der Waals surface area contributed by atoms with Crippen molar-refractivity contribution in [3.8, 4) is 0 Å². The van der Waals surface area contributed by atoms with E-state index in [1.165, 1.54) is 0 Å². The Morgan fingerprint density at radius 3 is 2.58 bits per heavy atom. The van der Waals surface area contributed by atoms with Crippen molar-refractivity contribution in [1.82, 2.24) is 0 Å². The zero-order valence-corrected chi connectivity index (χ0v) is 12.9. The maximum atomic E-state index is 11.9. The lowest BCUT2D eigenvalue weighted by atomic mass is 9.73. The molecule has 0 aromatic carbocycles. The van der Waals surface area contributed by atoms with Gasteiger partial charge in [0, 0.05) is 12.3 Å². The minimum atomic E-state index is -0.769. The minimum Gasteiger partial charge on any atom is -0.462 e. The Morgan fingerprint density at radius 2 is 2.00 bits per heavy atom. The van der Waals surface area contributed by atoms with Gasteiger partial charge in [-0.25, -0.2) is 0 Å². The number of hydrogen-bond acceptors (Lipinski definition) is 3. The first-order valence-electron chi connectivity index (χ1n) is 7.76. The van der Waals surface area contributed by atoms with Gasteiger partial charge in [-0.05, 0) is 39.0 Å². The van der Waals surface area contributed by atoms with Gasteiger partial charge < -0.3 is 9.84 Å². The van der Waals surface area contributed by atoms with Gasteiger partial charge in [-0.15, -0.1) is 0 Å². The summed E-state index contributed by atoms with van der Waals surface area (Å²) in [7, 11) is 0.